The summed E-state index contributed by atoms with van der Waals surface area (Å²) in [7, 11) is 0. The van der Waals surface area contributed by atoms with E-state index in [1.165, 1.54) is 0 Å². The topological polar surface area (TPSA) is 53.0 Å². The molecule has 1 unspecified atom stereocenters. The first-order chi connectivity index (χ1) is 13.5. The minimum absolute atomic E-state index is 0. The zero-order chi connectivity index (χ0) is 19.9. The average Bonchev–Trinajstić information content (AvgIpc) is 2.72. The van der Waals surface area contributed by atoms with Crippen LogP contribution in [-0.2, 0) is 0 Å². The summed E-state index contributed by atoms with van der Waals surface area (Å²) in [5.41, 5.74) is 1.83. The van der Waals surface area contributed by atoms with Crippen LogP contribution in [0.1, 0.15) is 23.7 Å². The lowest BCUT2D eigenvalue weighted by Crippen LogP contribution is -2.49. The van der Waals surface area contributed by atoms with Gasteiger partial charge in [0.2, 0.25) is 0 Å². The first-order valence-electron chi connectivity index (χ1n) is 9.72. The van der Waals surface area contributed by atoms with Crippen LogP contribution in [0.2, 0.25) is 5.02 Å². The molecular weight excluding hydrogens is 411 g/mol. The predicted molar refractivity (Wildman–Crippen MR) is 120 cm³/mol. The van der Waals surface area contributed by atoms with Gasteiger partial charge in [-0.3, -0.25) is 9.69 Å². The molecule has 0 amide bonds. The van der Waals surface area contributed by atoms with E-state index in [4.69, 9.17) is 16.3 Å². The fourth-order valence-corrected chi connectivity index (χ4v) is 3.53. The van der Waals surface area contributed by atoms with Crippen molar-refractivity contribution in [2.75, 3.05) is 44.2 Å². The number of piperazine rings is 1. The second-order valence-electron chi connectivity index (χ2n) is 7.03. The second-order valence-corrected chi connectivity index (χ2v) is 7.47. The molecule has 0 radical (unpaired) electrons. The summed E-state index contributed by atoms with van der Waals surface area (Å²) in [5, 5.41) is 11.1. The molecule has 1 heterocycles. The fourth-order valence-electron chi connectivity index (χ4n) is 3.35. The largest absolute Gasteiger partial charge is 0.491 e. The molecule has 2 aromatic carbocycles. The number of rotatable bonds is 8. The number of hydrogen-bond acceptors (Lipinski definition) is 5. The molecule has 0 spiro atoms. The molecule has 5 nitrogen and oxygen atoms in total. The van der Waals surface area contributed by atoms with Crippen molar-refractivity contribution in [2.45, 2.75) is 19.4 Å². The lowest BCUT2D eigenvalue weighted by Gasteiger charge is -2.36. The summed E-state index contributed by atoms with van der Waals surface area (Å²) in [5.74, 6) is 0.779. The fraction of sp³-hybridized carbons (Fsp3) is 0.409. The molecule has 1 fully saturated rings. The van der Waals surface area contributed by atoms with Crippen LogP contribution in [0.25, 0.3) is 0 Å². The summed E-state index contributed by atoms with van der Waals surface area (Å²) >= 11 is 6.08. The molecule has 1 atom stereocenters. The standard InChI is InChI=1S/C22H27ClN2O3.ClH/c1-2-22(27)17-6-8-21(9-7-17)28-16-20(26)15-24-10-12-25(13-11-24)19-5-3-4-18(23)14-19;/h3-9,14,20,26H,2,10-13,15-16H2,1H3;1H. The number of ether oxygens (including phenoxy) is 1. The van der Waals surface area contributed by atoms with E-state index in [0.29, 0.717) is 24.3 Å². The molecule has 0 aliphatic carbocycles. The third-order valence-corrected chi connectivity index (χ3v) is 5.19. The normalized spacial score (nSPS) is 15.5. The number of hydrogen-bond donors (Lipinski definition) is 1. The van der Waals surface area contributed by atoms with Gasteiger partial charge in [-0.15, -0.1) is 12.4 Å². The van der Waals surface area contributed by atoms with Crippen molar-refractivity contribution in [1.29, 1.82) is 0 Å². The van der Waals surface area contributed by atoms with Gasteiger partial charge in [-0.05, 0) is 42.5 Å². The zero-order valence-corrected chi connectivity index (χ0v) is 18.2. The van der Waals surface area contributed by atoms with Gasteiger partial charge in [0, 0.05) is 55.4 Å². The van der Waals surface area contributed by atoms with E-state index in [9.17, 15) is 9.90 Å². The number of carbonyl (C=O) groups is 1. The van der Waals surface area contributed by atoms with Crippen LogP contribution in [-0.4, -0.2) is 61.2 Å². The molecule has 1 aliphatic heterocycles. The Morgan fingerprint density at radius 1 is 1.14 bits per heavy atom. The Morgan fingerprint density at radius 2 is 1.83 bits per heavy atom. The maximum absolute atomic E-state index is 11.6. The third-order valence-electron chi connectivity index (χ3n) is 4.95. The maximum atomic E-state index is 11.6. The zero-order valence-electron chi connectivity index (χ0n) is 16.6. The van der Waals surface area contributed by atoms with Gasteiger partial charge < -0.3 is 14.7 Å². The highest BCUT2D eigenvalue weighted by Gasteiger charge is 2.20. The number of nitrogens with zero attached hydrogens (tertiary/aromatic N) is 2. The van der Waals surface area contributed by atoms with E-state index in [1.54, 1.807) is 24.3 Å². The molecule has 0 bridgehead atoms. The van der Waals surface area contributed by atoms with Crippen molar-refractivity contribution < 1.29 is 14.6 Å². The highest BCUT2D eigenvalue weighted by molar-refractivity contribution is 6.30. The number of Topliss-reactive ketones (excluding diaryl/α,β-unsaturated/α-hetero) is 1. The van der Waals surface area contributed by atoms with Crippen molar-refractivity contribution >= 4 is 35.5 Å². The van der Waals surface area contributed by atoms with Crippen molar-refractivity contribution in [3.63, 3.8) is 0 Å². The molecule has 1 aliphatic rings. The van der Waals surface area contributed by atoms with Gasteiger partial charge in [-0.25, -0.2) is 0 Å². The Kier molecular flexibility index (Phi) is 9.24. The highest BCUT2D eigenvalue weighted by Crippen LogP contribution is 2.21. The van der Waals surface area contributed by atoms with E-state index in [1.807, 2.05) is 25.1 Å². The number of aliphatic hydroxyl groups excluding tert-OH is 1. The Hall–Kier alpha value is -1.79. The molecule has 3 rings (SSSR count). The van der Waals surface area contributed by atoms with Gasteiger partial charge >= 0.3 is 0 Å². The van der Waals surface area contributed by atoms with E-state index < -0.39 is 6.10 Å². The Balaban J connectivity index is 0.00000300. The maximum Gasteiger partial charge on any atom is 0.162 e. The van der Waals surface area contributed by atoms with Crippen molar-refractivity contribution in [3.05, 3.63) is 59.1 Å². The first-order valence-corrected chi connectivity index (χ1v) is 10.1. The number of halogens is 2. The lowest BCUT2D eigenvalue weighted by atomic mass is 10.1. The van der Waals surface area contributed by atoms with E-state index in [-0.39, 0.29) is 24.8 Å². The number of ketones is 1. The van der Waals surface area contributed by atoms with E-state index in [0.717, 1.165) is 36.9 Å². The summed E-state index contributed by atoms with van der Waals surface area (Å²) < 4.78 is 5.67. The van der Waals surface area contributed by atoms with Crippen LogP contribution in [0.3, 0.4) is 0 Å². The molecule has 1 N–H and O–H groups in total. The van der Waals surface area contributed by atoms with Crippen LogP contribution >= 0.6 is 24.0 Å². The molecule has 0 aromatic heterocycles. The number of carbonyl (C=O) groups excluding carboxylic acids is 1. The molecule has 1 saturated heterocycles. The second kappa shape index (κ2) is 11.4. The van der Waals surface area contributed by atoms with Gasteiger partial charge in [-0.2, -0.15) is 0 Å². The van der Waals surface area contributed by atoms with Crippen LogP contribution < -0.4 is 9.64 Å². The average molecular weight is 439 g/mol. The van der Waals surface area contributed by atoms with E-state index >= 15 is 0 Å². The Morgan fingerprint density at radius 3 is 2.45 bits per heavy atom. The number of anilines is 1. The van der Waals surface area contributed by atoms with Crippen LogP contribution in [0.4, 0.5) is 5.69 Å². The van der Waals surface area contributed by atoms with Gasteiger partial charge in [0.25, 0.3) is 0 Å². The van der Waals surface area contributed by atoms with Gasteiger partial charge in [0.05, 0.1) is 0 Å². The third kappa shape index (κ3) is 6.89. The van der Waals surface area contributed by atoms with Gasteiger partial charge in [0.1, 0.15) is 18.5 Å². The molecule has 7 heteroatoms. The highest BCUT2D eigenvalue weighted by atomic mass is 35.5. The minimum Gasteiger partial charge on any atom is -0.491 e. The van der Waals surface area contributed by atoms with Crippen LogP contribution in [0.15, 0.2) is 48.5 Å². The summed E-state index contributed by atoms with van der Waals surface area (Å²) in [6.07, 6.45) is -0.0709. The number of β-amino-alcohol motifs (C(OH)–C–C–N with tert-alkyl or cyclic N) is 1. The van der Waals surface area contributed by atoms with Crippen molar-refractivity contribution in [1.82, 2.24) is 4.90 Å². The monoisotopic (exact) mass is 438 g/mol. The smallest absolute Gasteiger partial charge is 0.162 e. The summed E-state index contributed by atoms with van der Waals surface area (Å²) in [6.45, 7) is 6.24. The lowest BCUT2D eigenvalue weighted by molar-refractivity contribution is 0.0663. The Labute approximate surface area is 183 Å². The Bertz CT molecular complexity index is 778. The molecular formula is C22H28Cl2N2O3. The van der Waals surface area contributed by atoms with Gasteiger partial charge in [-0.1, -0.05) is 24.6 Å². The SMILES string of the molecule is CCC(=O)c1ccc(OCC(O)CN2CCN(c3cccc(Cl)c3)CC2)cc1.Cl. The number of benzene rings is 2. The first kappa shape index (κ1) is 23.5. The van der Waals surface area contributed by atoms with E-state index in [2.05, 4.69) is 15.9 Å². The van der Waals surface area contributed by atoms with Crippen LogP contribution in [0.5, 0.6) is 5.75 Å². The van der Waals surface area contributed by atoms with Gasteiger partial charge in [0.15, 0.2) is 5.78 Å². The molecule has 158 valence electrons. The van der Waals surface area contributed by atoms with Crippen LogP contribution in [0, 0.1) is 0 Å². The van der Waals surface area contributed by atoms with Crippen molar-refractivity contribution in [2.24, 2.45) is 0 Å². The number of aliphatic hydroxyl groups is 1. The summed E-state index contributed by atoms with van der Waals surface area (Å²) in [6, 6.07) is 15.0. The molecule has 29 heavy (non-hydrogen) atoms. The minimum atomic E-state index is -0.560. The quantitative estimate of drug-likeness (QED) is 0.632. The molecule has 0 saturated carbocycles. The summed E-state index contributed by atoms with van der Waals surface area (Å²) in [4.78, 5) is 16.2. The van der Waals surface area contributed by atoms with Crippen molar-refractivity contribution in [3.8, 4) is 5.75 Å². The molecule has 2 aromatic rings. The predicted octanol–water partition coefficient (Wildman–Crippen LogP) is 3.92.